The van der Waals surface area contributed by atoms with E-state index < -0.39 is 17.7 Å². The maximum atomic E-state index is 13.4. The van der Waals surface area contributed by atoms with Crippen molar-refractivity contribution in [2.75, 3.05) is 6.54 Å². The van der Waals surface area contributed by atoms with Crippen LogP contribution in [-0.2, 0) is 4.79 Å². The van der Waals surface area contributed by atoms with E-state index >= 15 is 0 Å². The highest BCUT2D eigenvalue weighted by atomic mass is 19.3. The summed E-state index contributed by atoms with van der Waals surface area (Å²) in [5.74, 6) is -0.143. The normalized spacial score (nSPS) is 24.6. The summed E-state index contributed by atoms with van der Waals surface area (Å²) in [6.45, 7) is 3.14. The Labute approximate surface area is 132 Å². The average Bonchev–Trinajstić information content (AvgIpc) is 2.90. The molecule has 3 atom stereocenters. The molecule has 1 aromatic heterocycles. The molecule has 23 heavy (non-hydrogen) atoms. The van der Waals surface area contributed by atoms with Gasteiger partial charge in [0.2, 0.25) is 5.91 Å². The van der Waals surface area contributed by atoms with Gasteiger partial charge in [-0.25, -0.2) is 8.78 Å². The summed E-state index contributed by atoms with van der Waals surface area (Å²) in [6, 6.07) is 1.66. The third-order valence-corrected chi connectivity index (χ3v) is 4.92. The minimum atomic E-state index is -2.73. The molecule has 5 nitrogen and oxygen atoms in total. The van der Waals surface area contributed by atoms with Gasteiger partial charge >= 0.3 is 0 Å². The van der Waals surface area contributed by atoms with Crippen molar-refractivity contribution < 1.29 is 18.3 Å². The number of carbonyl (C=O) groups excluding carboxylic acids is 1. The fourth-order valence-electron chi connectivity index (χ4n) is 3.21. The second kappa shape index (κ2) is 5.44. The first kappa shape index (κ1) is 15.7. The lowest BCUT2D eigenvalue weighted by atomic mass is 9.85. The predicted octanol–water partition coefficient (Wildman–Crippen LogP) is 2.67. The van der Waals surface area contributed by atoms with E-state index in [0.717, 1.165) is 0 Å². The molecule has 0 aromatic carbocycles. The van der Waals surface area contributed by atoms with Crippen LogP contribution in [-0.4, -0.2) is 34.9 Å². The second-order valence-electron chi connectivity index (χ2n) is 6.24. The molecule has 2 bridgehead atoms. The van der Waals surface area contributed by atoms with Crippen LogP contribution in [0.25, 0.3) is 0 Å². The van der Waals surface area contributed by atoms with E-state index in [-0.39, 0.29) is 25.1 Å². The summed E-state index contributed by atoms with van der Waals surface area (Å²) < 4.78 is 32.6. The molecule has 0 saturated carbocycles. The maximum absolute atomic E-state index is 13.4. The minimum absolute atomic E-state index is 0.0571. The zero-order valence-electron chi connectivity index (χ0n) is 12.9. The molecule has 3 rings (SSSR count). The topological polar surface area (TPSA) is 66.2 Å². The molecule has 1 saturated heterocycles. The summed E-state index contributed by atoms with van der Waals surface area (Å²) in [5.41, 5.74) is -0.782. The number of aromatic nitrogens is 1. The van der Waals surface area contributed by atoms with Crippen molar-refractivity contribution in [3.63, 3.8) is 0 Å². The van der Waals surface area contributed by atoms with Gasteiger partial charge in [-0.05, 0) is 13.3 Å². The summed E-state index contributed by atoms with van der Waals surface area (Å²) in [6.07, 6.45) is 0.549. The Bertz CT molecular complexity index is 688. The number of pyridine rings is 1. The largest absolute Gasteiger partial charge is 0.487 e. The lowest BCUT2D eigenvalue weighted by Gasteiger charge is -2.34. The lowest BCUT2D eigenvalue weighted by molar-refractivity contribution is -0.152. The smallest absolute Gasteiger partial charge is 0.252 e. The Kier molecular flexibility index (Phi) is 3.71. The number of hydrogen-bond donors (Lipinski definition) is 0. The van der Waals surface area contributed by atoms with Crippen LogP contribution in [0.4, 0.5) is 8.78 Å². The molecule has 0 spiro atoms. The molecule has 0 radical (unpaired) electrons. The third kappa shape index (κ3) is 2.24. The first-order valence-electron chi connectivity index (χ1n) is 7.56. The predicted molar refractivity (Wildman–Crippen MR) is 76.8 cm³/mol. The van der Waals surface area contributed by atoms with Gasteiger partial charge in [-0.2, -0.15) is 5.26 Å². The van der Waals surface area contributed by atoms with Crippen LogP contribution >= 0.6 is 0 Å². The van der Waals surface area contributed by atoms with Crippen LogP contribution in [0.5, 0.6) is 5.75 Å². The van der Waals surface area contributed by atoms with Crippen molar-refractivity contribution in [2.45, 2.75) is 45.3 Å². The molecular formula is C16H17F2N3O2. The molecule has 1 unspecified atom stereocenters. The number of likely N-dealkylation sites (tertiary alicyclic amines) is 1. The second-order valence-corrected chi connectivity index (χ2v) is 6.24. The summed E-state index contributed by atoms with van der Waals surface area (Å²) in [5, 5.41) is 9.15. The highest BCUT2D eigenvalue weighted by molar-refractivity contribution is 5.84. The van der Waals surface area contributed by atoms with Gasteiger partial charge in [0.1, 0.15) is 28.9 Å². The standard InChI is InChI=1S/C16H17F2N3O2/c1-3-16(2,14(17)18)15(22)21-8-10-4-12(21)11-7-20-6-9(5-19)13(11)23-10/h6-7,10,12,14H,3-4,8H2,1-2H3/t10-,12-,16?/m0/s1. The highest BCUT2D eigenvalue weighted by Gasteiger charge is 2.50. The van der Waals surface area contributed by atoms with Crippen molar-refractivity contribution in [1.29, 1.82) is 5.26 Å². The number of halogens is 2. The number of carbonyl (C=O) groups is 1. The van der Waals surface area contributed by atoms with Gasteiger partial charge < -0.3 is 9.64 Å². The van der Waals surface area contributed by atoms with Crippen LogP contribution in [0.1, 0.15) is 43.9 Å². The molecule has 1 amide bonds. The molecule has 2 aliphatic rings. The van der Waals surface area contributed by atoms with E-state index in [1.807, 2.05) is 6.07 Å². The quantitative estimate of drug-likeness (QED) is 0.858. The van der Waals surface area contributed by atoms with E-state index in [9.17, 15) is 13.6 Å². The summed E-state index contributed by atoms with van der Waals surface area (Å²) in [4.78, 5) is 18.2. The van der Waals surface area contributed by atoms with Crippen molar-refractivity contribution in [2.24, 2.45) is 5.41 Å². The molecule has 3 heterocycles. The molecule has 122 valence electrons. The maximum Gasteiger partial charge on any atom is 0.252 e. The molecule has 2 aliphatic heterocycles. The van der Waals surface area contributed by atoms with Crippen LogP contribution in [0.2, 0.25) is 0 Å². The number of rotatable bonds is 3. The summed E-state index contributed by atoms with van der Waals surface area (Å²) >= 11 is 0. The fourth-order valence-corrected chi connectivity index (χ4v) is 3.21. The number of amides is 1. The van der Waals surface area contributed by atoms with Gasteiger partial charge in [-0.3, -0.25) is 9.78 Å². The van der Waals surface area contributed by atoms with E-state index in [0.29, 0.717) is 23.3 Å². The fraction of sp³-hybridized carbons (Fsp3) is 0.562. The molecule has 7 heteroatoms. The Balaban J connectivity index is 1.99. The first-order chi connectivity index (χ1) is 10.9. The number of alkyl halides is 2. The van der Waals surface area contributed by atoms with E-state index in [1.165, 1.54) is 18.0 Å². The lowest BCUT2D eigenvalue weighted by Crippen LogP contribution is -2.46. The zero-order chi connectivity index (χ0) is 16.8. The van der Waals surface area contributed by atoms with Gasteiger partial charge in [0.15, 0.2) is 0 Å². The molecule has 0 N–H and O–H groups in total. The Morgan fingerprint density at radius 3 is 2.96 bits per heavy atom. The van der Waals surface area contributed by atoms with E-state index in [1.54, 1.807) is 13.1 Å². The average molecular weight is 321 g/mol. The van der Waals surface area contributed by atoms with Crippen molar-refractivity contribution in [3.05, 3.63) is 23.5 Å². The highest BCUT2D eigenvalue weighted by Crippen LogP contribution is 2.46. The van der Waals surface area contributed by atoms with Gasteiger partial charge in [-0.15, -0.1) is 0 Å². The number of nitrogens with zero attached hydrogens (tertiary/aromatic N) is 3. The van der Waals surface area contributed by atoms with E-state index in [4.69, 9.17) is 10.00 Å². The Hall–Kier alpha value is -2.23. The van der Waals surface area contributed by atoms with Gasteiger partial charge in [-0.1, -0.05) is 6.92 Å². The number of fused-ring (bicyclic) bond motifs is 4. The van der Waals surface area contributed by atoms with Crippen molar-refractivity contribution >= 4 is 5.91 Å². The number of ether oxygens (including phenoxy) is 1. The van der Waals surface area contributed by atoms with Crippen molar-refractivity contribution in [1.82, 2.24) is 9.88 Å². The molecule has 1 aromatic rings. The van der Waals surface area contributed by atoms with Gasteiger partial charge in [0.25, 0.3) is 6.43 Å². The molecular weight excluding hydrogens is 304 g/mol. The van der Waals surface area contributed by atoms with Gasteiger partial charge in [0.05, 0.1) is 12.6 Å². The monoisotopic (exact) mass is 321 g/mol. The summed E-state index contributed by atoms with van der Waals surface area (Å²) in [7, 11) is 0. The minimum Gasteiger partial charge on any atom is -0.487 e. The zero-order valence-corrected chi connectivity index (χ0v) is 12.9. The molecule has 1 fully saturated rings. The van der Waals surface area contributed by atoms with Gasteiger partial charge in [0, 0.05) is 24.4 Å². The van der Waals surface area contributed by atoms with Crippen LogP contribution in [0.3, 0.4) is 0 Å². The third-order valence-electron chi connectivity index (χ3n) is 4.92. The number of nitriles is 1. The SMILES string of the molecule is CCC(C)(C(=O)N1C[C@@H]2C[C@H]1c1cncc(C#N)c1O2)C(F)F. The Morgan fingerprint density at radius 2 is 2.35 bits per heavy atom. The Morgan fingerprint density at radius 1 is 1.61 bits per heavy atom. The van der Waals surface area contributed by atoms with Crippen LogP contribution in [0, 0.1) is 16.7 Å². The van der Waals surface area contributed by atoms with Crippen LogP contribution in [0.15, 0.2) is 12.4 Å². The van der Waals surface area contributed by atoms with Crippen molar-refractivity contribution in [3.8, 4) is 11.8 Å². The van der Waals surface area contributed by atoms with Crippen LogP contribution < -0.4 is 4.74 Å². The van der Waals surface area contributed by atoms with E-state index in [2.05, 4.69) is 4.98 Å². The number of hydrogen-bond acceptors (Lipinski definition) is 4. The molecule has 0 aliphatic carbocycles. The first-order valence-corrected chi connectivity index (χ1v) is 7.56.